The Bertz CT molecular complexity index is 4540. The van der Waals surface area contributed by atoms with E-state index in [1.165, 1.54) is 93.4 Å². The van der Waals surface area contributed by atoms with Crippen molar-refractivity contribution in [1.29, 1.82) is 0 Å². The molecule has 1 heterocycles. The summed E-state index contributed by atoms with van der Waals surface area (Å²) < 4.78 is 2.38. The molecule has 0 fully saturated rings. The normalized spacial score (nSPS) is 12.7. The molecule has 0 spiro atoms. The summed E-state index contributed by atoms with van der Waals surface area (Å²) in [5, 5.41) is 7.32. The van der Waals surface area contributed by atoms with Crippen molar-refractivity contribution in [2.24, 2.45) is 0 Å². The minimum absolute atomic E-state index is 0.158. The predicted molar refractivity (Wildman–Crippen MR) is 329 cm³/mol. The van der Waals surface area contributed by atoms with Crippen LogP contribution in [0.15, 0.2) is 303 Å². The van der Waals surface area contributed by atoms with Gasteiger partial charge >= 0.3 is 0 Å². The van der Waals surface area contributed by atoms with Gasteiger partial charge in [-0.3, -0.25) is 0 Å². The van der Waals surface area contributed by atoms with E-state index in [0.717, 1.165) is 39.8 Å². The van der Waals surface area contributed by atoms with Crippen LogP contribution in [0.25, 0.3) is 82.4 Å². The first-order chi connectivity index (χ1) is 38.7. The Morgan fingerprint density at radius 2 is 0.679 bits per heavy atom. The lowest BCUT2D eigenvalue weighted by Gasteiger charge is -2.27. The van der Waals surface area contributed by atoms with Crippen molar-refractivity contribution in [3.63, 3.8) is 0 Å². The number of anilines is 6. The second-order valence-electron chi connectivity index (χ2n) is 20.5. The number of hydrogen-bond donors (Lipinski definition) is 0. The molecule has 1 atom stereocenters. The molecule has 15 rings (SSSR count). The zero-order valence-corrected chi connectivity index (χ0v) is 42.8. The van der Waals surface area contributed by atoms with Crippen molar-refractivity contribution in [3.05, 3.63) is 320 Å². The van der Waals surface area contributed by atoms with Gasteiger partial charge in [-0.1, -0.05) is 206 Å². The average molecular weight is 994 g/mol. The highest BCUT2D eigenvalue weighted by molar-refractivity contribution is 6.11. The van der Waals surface area contributed by atoms with Crippen LogP contribution in [0.2, 0.25) is 0 Å². The average Bonchev–Trinajstić information content (AvgIpc) is 4.04. The third-order valence-corrected chi connectivity index (χ3v) is 16.0. The van der Waals surface area contributed by atoms with Gasteiger partial charge in [0.25, 0.3) is 0 Å². The summed E-state index contributed by atoms with van der Waals surface area (Å²) >= 11 is 0. The second-order valence-corrected chi connectivity index (χ2v) is 20.5. The van der Waals surface area contributed by atoms with Gasteiger partial charge in [0.1, 0.15) is 0 Å². The van der Waals surface area contributed by atoms with Gasteiger partial charge in [-0.15, -0.1) is 0 Å². The van der Waals surface area contributed by atoms with Gasteiger partial charge in [-0.2, -0.15) is 0 Å². The maximum Gasteiger partial charge on any atom is 0.0542 e. The van der Waals surface area contributed by atoms with E-state index in [2.05, 4.69) is 318 Å². The Morgan fingerprint density at radius 1 is 0.256 bits per heavy atom. The molecule has 14 aromatic rings. The Hall–Kier alpha value is -10.2. The fourth-order valence-corrected chi connectivity index (χ4v) is 12.3. The van der Waals surface area contributed by atoms with Gasteiger partial charge in [0.2, 0.25) is 0 Å². The molecule has 0 saturated heterocycles. The number of para-hydroxylation sites is 2. The van der Waals surface area contributed by atoms with E-state index in [4.69, 9.17) is 0 Å². The molecule has 0 radical (unpaired) electrons. The van der Waals surface area contributed by atoms with Crippen LogP contribution in [0.4, 0.5) is 34.1 Å². The van der Waals surface area contributed by atoms with Crippen molar-refractivity contribution >= 4 is 77.5 Å². The van der Waals surface area contributed by atoms with Gasteiger partial charge in [0, 0.05) is 56.5 Å². The molecule has 0 bridgehead atoms. The van der Waals surface area contributed by atoms with Gasteiger partial charge in [-0.25, -0.2) is 0 Å². The summed E-state index contributed by atoms with van der Waals surface area (Å²) in [5.41, 5.74) is 21.5. The third kappa shape index (κ3) is 7.83. The van der Waals surface area contributed by atoms with Crippen molar-refractivity contribution in [1.82, 2.24) is 4.57 Å². The van der Waals surface area contributed by atoms with E-state index in [0.29, 0.717) is 0 Å². The van der Waals surface area contributed by atoms with Crippen LogP contribution in [-0.4, -0.2) is 4.57 Å². The summed E-state index contributed by atoms with van der Waals surface area (Å²) in [6.45, 7) is 0. The summed E-state index contributed by atoms with van der Waals surface area (Å²) in [4.78, 5) is 4.81. The molecular formula is C75H51N3. The number of nitrogens with zero attached hydrogens (tertiary/aromatic N) is 3. The van der Waals surface area contributed by atoms with Crippen LogP contribution in [0.1, 0.15) is 22.6 Å². The van der Waals surface area contributed by atoms with Gasteiger partial charge in [0.05, 0.1) is 11.0 Å². The largest absolute Gasteiger partial charge is 0.310 e. The standard InChI is InChI=1S/C75H51N3/c1-3-17-57(18-4-1)75-70-25-12-11-23-67(70)68-45-43-65(50-72(68)75)76(63-41-35-51-15-7-9-19-58(51)47-63)61-37-31-55(32-38-61)53-27-29-54(30-28-53)56-33-39-62(40-34-56)77(64-42-36-52-16-8-10-20-59(52)48-64)66-44-46-74-71(49-66)69-24-13-14-26-73(69)78(74)60-21-5-2-6-22-60/h1-50,75H. The van der Waals surface area contributed by atoms with Crippen LogP contribution in [-0.2, 0) is 0 Å². The molecule has 0 saturated carbocycles. The van der Waals surface area contributed by atoms with E-state index in [-0.39, 0.29) is 5.92 Å². The quantitative estimate of drug-likeness (QED) is 0.135. The van der Waals surface area contributed by atoms with Crippen molar-refractivity contribution in [2.45, 2.75) is 5.92 Å². The molecule has 1 aliphatic rings. The van der Waals surface area contributed by atoms with E-state index in [1.54, 1.807) is 0 Å². The van der Waals surface area contributed by atoms with Crippen LogP contribution in [0.3, 0.4) is 0 Å². The molecule has 3 heteroatoms. The Balaban J connectivity index is 0.753. The maximum absolute atomic E-state index is 2.42. The molecule has 0 amide bonds. The molecular weight excluding hydrogens is 943 g/mol. The van der Waals surface area contributed by atoms with E-state index in [9.17, 15) is 0 Å². The molecule has 13 aromatic carbocycles. The lowest BCUT2D eigenvalue weighted by atomic mass is 9.89. The Kier molecular flexibility index (Phi) is 10.9. The highest BCUT2D eigenvalue weighted by Crippen LogP contribution is 2.51. The van der Waals surface area contributed by atoms with E-state index >= 15 is 0 Å². The minimum atomic E-state index is 0.158. The highest BCUT2D eigenvalue weighted by Gasteiger charge is 2.31. The van der Waals surface area contributed by atoms with Crippen LogP contribution < -0.4 is 9.80 Å². The van der Waals surface area contributed by atoms with Crippen molar-refractivity contribution in [2.75, 3.05) is 9.80 Å². The number of fused-ring (bicyclic) bond motifs is 8. The van der Waals surface area contributed by atoms with Gasteiger partial charge in [-0.05, 0) is 169 Å². The van der Waals surface area contributed by atoms with E-state index in [1.807, 2.05) is 0 Å². The molecule has 1 unspecified atom stereocenters. The molecule has 78 heavy (non-hydrogen) atoms. The molecule has 0 N–H and O–H groups in total. The van der Waals surface area contributed by atoms with Crippen LogP contribution >= 0.6 is 0 Å². The monoisotopic (exact) mass is 993 g/mol. The highest BCUT2D eigenvalue weighted by atomic mass is 15.1. The lowest BCUT2D eigenvalue weighted by molar-refractivity contribution is 1.01. The molecule has 1 aromatic heterocycles. The topological polar surface area (TPSA) is 11.4 Å². The summed E-state index contributed by atoms with van der Waals surface area (Å²) in [6.07, 6.45) is 0. The van der Waals surface area contributed by atoms with E-state index < -0.39 is 0 Å². The maximum atomic E-state index is 2.42. The fourth-order valence-electron chi connectivity index (χ4n) is 12.3. The first-order valence-electron chi connectivity index (χ1n) is 26.9. The van der Waals surface area contributed by atoms with Gasteiger partial charge < -0.3 is 14.4 Å². The predicted octanol–water partition coefficient (Wildman–Crippen LogP) is 20.5. The van der Waals surface area contributed by atoms with Crippen molar-refractivity contribution < 1.29 is 0 Å². The second kappa shape index (κ2) is 18.9. The lowest BCUT2D eigenvalue weighted by Crippen LogP contribution is -2.11. The fraction of sp³-hybridized carbons (Fsp3) is 0.0133. The number of rotatable bonds is 10. The Morgan fingerprint density at radius 3 is 1.29 bits per heavy atom. The third-order valence-electron chi connectivity index (χ3n) is 16.0. The van der Waals surface area contributed by atoms with Crippen LogP contribution in [0, 0.1) is 0 Å². The molecule has 1 aliphatic carbocycles. The smallest absolute Gasteiger partial charge is 0.0542 e. The van der Waals surface area contributed by atoms with Crippen molar-refractivity contribution in [3.8, 4) is 39.1 Å². The molecule has 3 nitrogen and oxygen atoms in total. The first-order valence-corrected chi connectivity index (χ1v) is 26.9. The first kappa shape index (κ1) is 45.2. The van der Waals surface area contributed by atoms with Crippen LogP contribution in [0.5, 0.6) is 0 Å². The number of benzene rings is 13. The zero-order valence-electron chi connectivity index (χ0n) is 42.8. The van der Waals surface area contributed by atoms with Gasteiger partial charge in [0.15, 0.2) is 0 Å². The Labute approximate surface area is 454 Å². The number of hydrogen-bond acceptors (Lipinski definition) is 2. The number of aromatic nitrogens is 1. The summed E-state index contributed by atoms with van der Waals surface area (Å²) in [5.74, 6) is 0.158. The minimum Gasteiger partial charge on any atom is -0.310 e. The SMILES string of the molecule is c1ccc(C2c3ccccc3-c3ccc(N(c4ccc(-c5ccc(-c6ccc(N(c7ccc8ccccc8c7)c7ccc8c(c7)c7ccccc7n8-c7ccccc7)cc6)cc5)cc4)c4ccc5ccccc5c4)cc32)cc1. The summed E-state index contributed by atoms with van der Waals surface area (Å²) in [7, 11) is 0. The molecule has 0 aliphatic heterocycles. The molecule has 366 valence electrons. The zero-order chi connectivity index (χ0) is 51.5. The summed E-state index contributed by atoms with van der Waals surface area (Å²) in [6, 6.07) is 111.